The minimum atomic E-state index is -0.769. The Morgan fingerprint density at radius 2 is 0.516 bits per heavy atom. The van der Waals surface area contributed by atoms with Gasteiger partial charge in [-0.2, -0.15) is 0 Å². The van der Waals surface area contributed by atoms with Crippen LogP contribution in [-0.4, -0.2) is 37.2 Å². The highest BCUT2D eigenvalue weighted by Crippen LogP contribution is 2.16. The summed E-state index contributed by atoms with van der Waals surface area (Å²) < 4.78 is 16.7. The van der Waals surface area contributed by atoms with Crippen molar-refractivity contribution in [3.05, 3.63) is 24.3 Å². The van der Waals surface area contributed by atoms with E-state index in [4.69, 9.17) is 14.2 Å². The SMILES string of the molecule is CCCCCCCC/C=C\CCCCCCCC(=O)OC(COC(=O)CCCCCCCC)COC(=O)CCCCCCCCCCCCCCC/C=C\CCCCCCCCCC. The molecule has 0 aliphatic heterocycles. The van der Waals surface area contributed by atoms with Gasteiger partial charge in [0.05, 0.1) is 0 Å². The number of allylic oxidation sites excluding steroid dienone is 4. The summed E-state index contributed by atoms with van der Waals surface area (Å²) in [6, 6.07) is 0. The van der Waals surface area contributed by atoms with Gasteiger partial charge in [-0.05, 0) is 70.6 Å². The van der Waals surface area contributed by atoms with E-state index in [0.717, 1.165) is 64.2 Å². The molecule has 0 saturated carbocycles. The molecule has 0 aliphatic carbocycles. The van der Waals surface area contributed by atoms with Crippen LogP contribution in [0.1, 0.15) is 310 Å². The lowest BCUT2D eigenvalue weighted by molar-refractivity contribution is -0.167. The van der Waals surface area contributed by atoms with Crippen LogP contribution in [0, 0.1) is 0 Å². The summed E-state index contributed by atoms with van der Waals surface area (Å²) in [6.45, 7) is 6.60. The third-order valence-corrected chi connectivity index (χ3v) is 12.7. The largest absolute Gasteiger partial charge is 0.462 e. The van der Waals surface area contributed by atoms with Gasteiger partial charge in [0.15, 0.2) is 6.10 Å². The average Bonchev–Trinajstić information content (AvgIpc) is 3.29. The summed E-state index contributed by atoms with van der Waals surface area (Å²) in [7, 11) is 0. The van der Waals surface area contributed by atoms with Gasteiger partial charge in [0.1, 0.15) is 13.2 Å². The third-order valence-electron chi connectivity index (χ3n) is 12.7. The van der Waals surface area contributed by atoms with Gasteiger partial charge < -0.3 is 14.2 Å². The van der Waals surface area contributed by atoms with Crippen LogP contribution in [0.3, 0.4) is 0 Å². The summed E-state index contributed by atoms with van der Waals surface area (Å²) in [6.07, 6.45) is 62.1. The number of carbonyl (C=O) groups is 3. The molecule has 6 nitrogen and oxygen atoms in total. The monoisotopic (exact) mass is 901 g/mol. The third kappa shape index (κ3) is 50.9. The highest BCUT2D eigenvalue weighted by atomic mass is 16.6. The number of ether oxygens (including phenoxy) is 3. The molecule has 0 heterocycles. The highest BCUT2D eigenvalue weighted by molar-refractivity contribution is 5.71. The number of esters is 3. The predicted molar refractivity (Wildman–Crippen MR) is 275 cm³/mol. The second-order valence-electron chi connectivity index (χ2n) is 19.2. The number of unbranched alkanes of at least 4 members (excludes halogenated alkanes) is 37. The summed E-state index contributed by atoms with van der Waals surface area (Å²) in [5.74, 6) is -0.875. The lowest BCUT2D eigenvalue weighted by Gasteiger charge is -2.18. The molecule has 0 aromatic carbocycles. The minimum Gasteiger partial charge on any atom is -0.462 e. The molecule has 0 bridgehead atoms. The Morgan fingerprint density at radius 3 is 0.781 bits per heavy atom. The van der Waals surface area contributed by atoms with Crippen molar-refractivity contribution in [1.29, 1.82) is 0 Å². The molecule has 0 rings (SSSR count). The van der Waals surface area contributed by atoms with Gasteiger partial charge in [0, 0.05) is 19.3 Å². The van der Waals surface area contributed by atoms with Gasteiger partial charge in [-0.3, -0.25) is 14.4 Å². The van der Waals surface area contributed by atoms with Gasteiger partial charge >= 0.3 is 17.9 Å². The van der Waals surface area contributed by atoms with E-state index in [0.29, 0.717) is 19.3 Å². The van der Waals surface area contributed by atoms with E-state index in [2.05, 4.69) is 45.1 Å². The normalized spacial score (nSPS) is 12.1. The zero-order valence-corrected chi connectivity index (χ0v) is 43.1. The highest BCUT2D eigenvalue weighted by Gasteiger charge is 2.19. The van der Waals surface area contributed by atoms with E-state index in [9.17, 15) is 14.4 Å². The van der Waals surface area contributed by atoms with Crippen LogP contribution in [-0.2, 0) is 28.6 Å². The fourth-order valence-electron chi connectivity index (χ4n) is 8.37. The van der Waals surface area contributed by atoms with Crippen molar-refractivity contribution in [3.8, 4) is 0 Å². The Labute approximate surface area is 398 Å². The van der Waals surface area contributed by atoms with Gasteiger partial charge in [-0.1, -0.05) is 244 Å². The first kappa shape index (κ1) is 61.9. The van der Waals surface area contributed by atoms with Crippen molar-refractivity contribution in [2.45, 2.75) is 316 Å². The maximum absolute atomic E-state index is 12.8. The Kier molecular flexibility index (Phi) is 51.7. The van der Waals surface area contributed by atoms with Crippen molar-refractivity contribution >= 4 is 17.9 Å². The van der Waals surface area contributed by atoms with Gasteiger partial charge in [0.25, 0.3) is 0 Å². The van der Waals surface area contributed by atoms with E-state index in [1.165, 1.54) is 205 Å². The fraction of sp³-hybridized carbons (Fsp3) is 0.879. The molecule has 376 valence electrons. The van der Waals surface area contributed by atoms with Crippen molar-refractivity contribution in [2.75, 3.05) is 13.2 Å². The van der Waals surface area contributed by atoms with E-state index in [1.807, 2.05) is 0 Å². The molecule has 0 aromatic rings. The van der Waals surface area contributed by atoms with Crippen molar-refractivity contribution < 1.29 is 28.6 Å². The zero-order valence-electron chi connectivity index (χ0n) is 43.1. The molecule has 0 aromatic heterocycles. The molecule has 0 aliphatic rings. The Morgan fingerprint density at radius 1 is 0.297 bits per heavy atom. The quantitative estimate of drug-likeness (QED) is 0.0262. The molecular weight excluding hydrogens is 793 g/mol. The maximum Gasteiger partial charge on any atom is 0.306 e. The zero-order chi connectivity index (χ0) is 46.5. The fourth-order valence-corrected chi connectivity index (χ4v) is 8.37. The lowest BCUT2D eigenvalue weighted by atomic mass is 10.0. The number of hydrogen-bond donors (Lipinski definition) is 0. The first-order chi connectivity index (χ1) is 31.5. The smallest absolute Gasteiger partial charge is 0.306 e. The first-order valence-corrected chi connectivity index (χ1v) is 28.3. The number of hydrogen-bond acceptors (Lipinski definition) is 6. The second kappa shape index (κ2) is 53.5. The van der Waals surface area contributed by atoms with Crippen LogP contribution in [0.2, 0.25) is 0 Å². The summed E-state index contributed by atoms with van der Waals surface area (Å²) >= 11 is 0. The molecule has 0 radical (unpaired) electrons. The van der Waals surface area contributed by atoms with Crippen LogP contribution >= 0.6 is 0 Å². The van der Waals surface area contributed by atoms with Gasteiger partial charge in [-0.15, -0.1) is 0 Å². The van der Waals surface area contributed by atoms with Crippen molar-refractivity contribution in [2.24, 2.45) is 0 Å². The van der Waals surface area contributed by atoms with Crippen LogP contribution < -0.4 is 0 Å². The van der Waals surface area contributed by atoms with E-state index in [-0.39, 0.29) is 31.1 Å². The molecule has 0 saturated heterocycles. The molecule has 6 heteroatoms. The molecule has 0 fully saturated rings. The summed E-state index contributed by atoms with van der Waals surface area (Å²) in [4.78, 5) is 37.8. The lowest BCUT2D eigenvalue weighted by Crippen LogP contribution is -2.30. The molecule has 0 N–H and O–H groups in total. The standard InChI is InChI=1S/C58H108O6/c1-4-7-10-13-16-18-20-22-24-25-26-27-28-29-30-31-32-33-35-36-38-40-42-45-48-51-57(60)63-54-55(53-62-56(59)50-47-44-15-12-9-6-3)64-58(61)52-49-46-43-41-39-37-34-23-21-19-17-14-11-8-5-2/h23,25-26,34,55H,4-22,24,27-33,35-54H2,1-3H3/b26-25-,34-23-. The van der Waals surface area contributed by atoms with Crippen LogP contribution in [0.5, 0.6) is 0 Å². The molecule has 0 spiro atoms. The summed E-state index contributed by atoms with van der Waals surface area (Å²) in [5.41, 5.74) is 0. The van der Waals surface area contributed by atoms with E-state index >= 15 is 0 Å². The van der Waals surface area contributed by atoms with Crippen LogP contribution in [0.4, 0.5) is 0 Å². The number of rotatable bonds is 52. The molecule has 1 atom stereocenters. The molecule has 64 heavy (non-hydrogen) atoms. The van der Waals surface area contributed by atoms with E-state index < -0.39 is 6.10 Å². The average molecular weight is 901 g/mol. The predicted octanol–water partition coefficient (Wildman–Crippen LogP) is 18.7. The van der Waals surface area contributed by atoms with Gasteiger partial charge in [0.2, 0.25) is 0 Å². The Balaban J connectivity index is 4.07. The van der Waals surface area contributed by atoms with Crippen molar-refractivity contribution in [1.82, 2.24) is 0 Å². The van der Waals surface area contributed by atoms with Crippen LogP contribution in [0.15, 0.2) is 24.3 Å². The maximum atomic E-state index is 12.8. The van der Waals surface area contributed by atoms with Gasteiger partial charge in [-0.25, -0.2) is 0 Å². The topological polar surface area (TPSA) is 78.9 Å². The van der Waals surface area contributed by atoms with Crippen molar-refractivity contribution in [3.63, 3.8) is 0 Å². The summed E-state index contributed by atoms with van der Waals surface area (Å²) in [5, 5.41) is 0. The Hall–Kier alpha value is -2.11. The first-order valence-electron chi connectivity index (χ1n) is 28.3. The minimum absolute atomic E-state index is 0.0714. The number of carbonyl (C=O) groups excluding carboxylic acids is 3. The Bertz CT molecular complexity index is 1040. The molecule has 0 amide bonds. The van der Waals surface area contributed by atoms with Crippen LogP contribution in [0.25, 0.3) is 0 Å². The molecular formula is C58H108O6. The second-order valence-corrected chi connectivity index (χ2v) is 19.2. The van der Waals surface area contributed by atoms with E-state index in [1.54, 1.807) is 0 Å². The molecule has 1 unspecified atom stereocenters.